The molecule has 9 nitrogen and oxygen atoms in total. The molecule has 4 aromatic rings. The van der Waals surface area contributed by atoms with Gasteiger partial charge in [-0.1, -0.05) is 29.8 Å². The van der Waals surface area contributed by atoms with E-state index in [9.17, 15) is 18.0 Å². The molecule has 2 aromatic heterocycles. The summed E-state index contributed by atoms with van der Waals surface area (Å²) >= 11 is 6.09. The lowest BCUT2D eigenvalue weighted by atomic mass is 9.99. The highest BCUT2D eigenvalue weighted by molar-refractivity contribution is 7.89. The summed E-state index contributed by atoms with van der Waals surface area (Å²) in [6.07, 6.45) is 2.89. The smallest absolute Gasteiger partial charge is 0.250 e. The van der Waals surface area contributed by atoms with E-state index in [1.54, 1.807) is 59.3 Å². The van der Waals surface area contributed by atoms with Gasteiger partial charge in [0.15, 0.2) is 0 Å². The third-order valence-corrected chi connectivity index (χ3v) is 8.72. The molecule has 1 fully saturated rings. The van der Waals surface area contributed by atoms with Crippen molar-refractivity contribution in [3.63, 3.8) is 0 Å². The number of nitrogens with zero attached hydrogens (tertiary/aromatic N) is 3. The SMILES string of the molecule is O=C(NCc1n[nH]c2ccc(Cl)cc12)C1CCCN(S(=O)(=O)c2ccc(Cn3ccccc3=O)cc2)C1. The number of rotatable bonds is 7. The second-order valence-corrected chi connectivity index (χ2v) is 11.5. The Hall–Kier alpha value is -3.47. The summed E-state index contributed by atoms with van der Waals surface area (Å²) in [6.45, 7) is 1.04. The second kappa shape index (κ2) is 10.5. The molecular weight excluding hydrogens is 514 g/mol. The number of amides is 1. The van der Waals surface area contributed by atoms with Gasteiger partial charge < -0.3 is 9.88 Å². The predicted molar refractivity (Wildman–Crippen MR) is 141 cm³/mol. The van der Waals surface area contributed by atoms with Gasteiger partial charge in [0.1, 0.15) is 0 Å². The second-order valence-electron chi connectivity index (χ2n) is 9.09. The van der Waals surface area contributed by atoms with E-state index in [0.29, 0.717) is 36.6 Å². The zero-order valence-electron chi connectivity index (χ0n) is 19.9. The topological polar surface area (TPSA) is 117 Å². The Kier molecular flexibility index (Phi) is 7.14. The molecular formula is C26H26ClN5O4S. The molecule has 0 bridgehead atoms. The van der Waals surface area contributed by atoms with E-state index < -0.39 is 15.9 Å². The monoisotopic (exact) mass is 539 g/mol. The Morgan fingerprint density at radius 3 is 2.73 bits per heavy atom. The summed E-state index contributed by atoms with van der Waals surface area (Å²) in [5.74, 6) is -0.664. The van der Waals surface area contributed by atoms with Crippen molar-refractivity contribution in [3.05, 3.63) is 93.5 Å². The minimum Gasteiger partial charge on any atom is -0.350 e. The molecule has 0 spiro atoms. The van der Waals surface area contributed by atoms with Crippen LogP contribution >= 0.6 is 11.6 Å². The number of hydrogen-bond donors (Lipinski definition) is 2. The standard InChI is InChI=1S/C26H26ClN5O4S/c27-20-8-11-23-22(14-20)24(30-29-23)15-28-26(34)19-4-3-13-32(17-19)37(35,36)21-9-6-18(7-10-21)16-31-12-2-1-5-25(31)33/h1-2,5-12,14,19H,3-4,13,15-17H2,(H,28,34)(H,29,30). The van der Waals surface area contributed by atoms with E-state index in [2.05, 4.69) is 15.5 Å². The van der Waals surface area contributed by atoms with Gasteiger partial charge in [0, 0.05) is 35.8 Å². The number of hydrogen-bond acceptors (Lipinski definition) is 5. The first-order valence-corrected chi connectivity index (χ1v) is 13.8. The maximum atomic E-state index is 13.3. The number of aromatic amines is 1. The minimum absolute atomic E-state index is 0.114. The largest absolute Gasteiger partial charge is 0.350 e. The van der Waals surface area contributed by atoms with Crippen LogP contribution in [0.4, 0.5) is 0 Å². The summed E-state index contributed by atoms with van der Waals surface area (Å²) in [5, 5.41) is 11.5. The molecule has 0 radical (unpaired) electrons. The van der Waals surface area contributed by atoms with Gasteiger partial charge >= 0.3 is 0 Å². The molecule has 1 aliphatic heterocycles. The fraction of sp³-hybridized carbons (Fsp3) is 0.269. The molecule has 3 heterocycles. The summed E-state index contributed by atoms with van der Waals surface area (Å²) in [4.78, 5) is 25.0. The highest BCUT2D eigenvalue weighted by Gasteiger charge is 2.33. The van der Waals surface area contributed by atoms with E-state index in [0.717, 1.165) is 16.5 Å². The molecule has 2 aromatic carbocycles. The lowest BCUT2D eigenvalue weighted by Gasteiger charge is -2.31. The number of H-pyrrole nitrogens is 1. The molecule has 1 amide bonds. The van der Waals surface area contributed by atoms with Gasteiger partial charge in [0.05, 0.1) is 35.1 Å². The van der Waals surface area contributed by atoms with E-state index in [1.165, 1.54) is 10.4 Å². The van der Waals surface area contributed by atoms with Gasteiger partial charge in [-0.05, 0) is 54.8 Å². The highest BCUT2D eigenvalue weighted by Crippen LogP contribution is 2.25. The number of sulfonamides is 1. The molecule has 1 unspecified atom stereocenters. The lowest BCUT2D eigenvalue weighted by molar-refractivity contribution is -0.126. The summed E-state index contributed by atoms with van der Waals surface area (Å²) in [7, 11) is -3.77. The number of halogens is 1. The van der Waals surface area contributed by atoms with Gasteiger partial charge in [0.25, 0.3) is 5.56 Å². The maximum absolute atomic E-state index is 13.3. The van der Waals surface area contributed by atoms with Gasteiger partial charge in [-0.15, -0.1) is 0 Å². The first-order chi connectivity index (χ1) is 17.8. The van der Waals surface area contributed by atoms with Gasteiger partial charge in [-0.3, -0.25) is 14.7 Å². The minimum atomic E-state index is -3.77. The molecule has 5 rings (SSSR count). The van der Waals surface area contributed by atoms with Crippen LogP contribution in [0.2, 0.25) is 5.02 Å². The van der Waals surface area contributed by atoms with Crippen LogP contribution in [0.25, 0.3) is 10.9 Å². The van der Waals surface area contributed by atoms with Crippen LogP contribution in [0.3, 0.4) is 0 Å². The Morgan fingerprint density at radius 1 is 1.14 bits per heavy atom. The van der Waals surface area contributed by atoms with Gasteiger partial charge in [-0.25, -0.2) is 8.42 Å². The Labute approximate surface area is 219 Å². The molecule has 1 aliphatic rings. The number of fused-ring (bicyclic) bond motifs is 1. The average Bonchev–Trinajstić information content (AvgIpc) is 3.31. The third-order valence-electron chi connectivity index (χ3n) is 6.60. The van der Waals surface area contributed by atoms with E-state index >= 15 is 0 Å². The first kappa shape index (κ1) is 25.2. The first-order valence-electron chi connectivity index (χ1n) is 12.0. The normalized spacial score (nSPS) is 16.6. The van der Waals surface area contributed by atoms with Crippen molar-refractivity contribution in [2.45, 2.75) is 30.8 Å². The van der Waals surface area contributed by atoms with Crippen molar-refractivity contribution < 1.29 is 13.2 Å². The van der Waals surface area contributed by atoms with Gasteiger partial charge in [0.2, 0.25) is 15.9 Å². The van der Waals surface area contributed by atoms with E-state index in [-0.39, 0.29) is 29.5 Å². The van der Waals surface area contributed by atoms with Crippen LogP contribution in [-0.2, 0) is 27.9 Å². The maximum Gasteiger partial charge on any atom is 0.250 e. The van der Waals surface area contributed by atoms with Gasteiger partial charge in [-0.2, -0.15) is 9.40 Å². The number of nitrogens with one attached hydrogen (secondary N) is 2. The third kappa shape index (κ3) is 5.46. The predicted octanol–water partition coefficient (Wildman–Crippen LogP) is 3.14. The summed E-state index contributed by atoms with van der Waals surface area (Å²) in [6, 6.07) is 16.8. The van der Waals surface area contributed by atoms with Crippen molar-refractivity contribution in [2.24, 2.45) is 5.92 Å². The Morgan fingerprint density at radius 2 is 1.95 bits per heavy atom. The van der Waals surface area contributed by atoms with Crippen LogP contribution in [0.1, 0.15) is 24.1 Å². The number of carbonyl (C=O) groups excluding carboxylic acids is 1. The van der Waals surface area contributed by atoms with E-state index in [4.69, 9.17) is 11.6 Å². The quantitative estimate of drug-likeness (QED) is 0.374. The summed E-state index contributed by atoms with van der Waals surface area (Å²) in [5.41, 5.74) is 2.19. The fourth-order valence-electron chi connectivity index (χ4n) is 4.57. The van der Waals surface area contributed by atoms with Crippen molar-refractivity contribution >= 4 is 38.4 Å². The molecule has 1 atom stereocenters. The molecule has 2 N–H and O–H groups in total. The van der Waals surface area contributed by atoms with Crippen LogP contribution in [0.15, 0.2) is 76.6 Å². The zero-order chi connectivity index (χ0) is 26.0. The highest BCUT2D eigenvalue weighted by atomic mass is 35.5. The Balaban J connectivity index is 1.23. The number of piperidine rings is 1. The molecule has 1 saturated heterocycles. The van der Waals surface area contributed by atoms with Crippen LogP contribution in [0, 0.1) is 5.92 Å². The molecule has 192 valence electrons. The van der Waals surface area contributed by atoms with E-state index in [1.807, 2.05) is 6.07 Å². The number of benzene rings is 2. The number of aromatic nitrogens is 3. The van der Waals surface area contributed by atoms with Crippen LogP contribution in [0.5, 0.6) is 0 Å². The van der Waals surface area contributed by atoms with Crippen molar-refractivity contribution in [1.29, 1.82) is 0 Å². The van der Waals surface area contributed by atoms with Crippen molar-refractivity contribution in [2.75, 3.05) is 13.1 Å². The lowest BCUT2D eigenvalue weighted by Crippen LogP contribution is -2.45. The molecule has 37 heavy (non-hydrogen) atoms. The van der Waals surface area contributed by atoms with Crippen molar-refractivity contribution in [3.8, 4) is 0 Å². The average molecular weight is 540 g/mol. The molecule has 0 saturated carbocycles. The van der Waals surface area contributed by atoms with Crippen LogP contribution < -0.4 is 10.9 Å². The van der Waals surface area contributed by atoms with Crippen LogP contribution in [-0.4, -0.2) is 46.5 Å². The van der Waals surface area contributed by atoms with Crippen molar-refractivity contribution in [1.82, 2.24) is 24.4 Å². The number of carbonyl (C=O) groups is 1. The molecule has 0 aliphatic carbocycles. The zero-order valence-corrected chi connectivity index (χ0v) is 21.5. The fourth-order valence-corrected chi connectivity index (χ4v) is 6.27. The summed E-state index contributed by atoms with van der Waals surface area (Å²) < 4.78 is 29.6. The number of pyridine rings is 1. The molecule has 11 heteroatoms. The Bertz CT molecular complexity index is 1600.